The maximum absolute atomic E-state index is 3.45. The summed E-state index contributed by atoms with van der Waals surface area (Å²) in [5.41, 5.74) is 0.740. The topological polar surface area (TPSA) is 12.0 Å². The van der Waals surface area contributed by atoms with Crippen LogP contribution in [0.4, 0.5) is 0 Å². The smallest absolute Gasteiger partial charge is 0.00388 e. The van der Waals surface area contributed by atoms with E-state index in [9.17, 15) is 0 Å². The minimum absolute atomic E-state index is 0.720. The van der Waals surface area contributed by atoms with E-state index >= 15 is 0 Å². The molecule has 1 aliphatic carbocycles. The molecule has 1 nitrogen and oxygen atoms in total. The minimum atomic E-state index is 0.720. The maximum Gasteiger partial charge on any atom is 0.00388 e. The van der Waals surface area contributed by atoms with Crippen LogP contribution < -0.4 is 5.32 Å². The maximum atomic E-state index is 3.45. The second-order valence-corrected chi connectivity index (χ2v) is 4.31. The number of hydrogen-bond donors (Lipinski definition) is 1. The molecular formula is C10H21N. The first-order valence-electron chi connectivity index (χ1n) is 4.90. The number of nitrogens with one attached hydrogen (secondary N) is 1. The van der Waals surface area contributed by atoms with Gasteiger partial charge in [-0.1, -0.05) is 13.8 Å². The van der Waals surface area contributed by atoms with Gasteiger partial charge in [-0.05, 0) is 44.6 Å². The third-order valence-electron chi connectivity index (χ3n) is 2.84. The van der Waals surface area contributed by atoms with E-state index < -0.39 is 0 Å². The zero-order valence-electron chi connectivity index (χ0n) is 8.11. The predicted octanol–water partition coefficient (Wildman–Crippen LogP) is 2.56. The van der Waals surface area contributed by atoms with Crippen LogP contribution >= 0.6 is 0 Å². The minimum Gasteiger partial charge on any atom is -0.315 e. The fourth-order valence-corrected chi connectivity index (χ4v) is 1.48. The molecule has 0 aromatic heterocycles. The van der Waals surface area contributed by atoms with Crippen LogP contribution in [0.5, 0.6) is 0 Å². The quantitative estimate of drug-likeness (QED) is 0.643. The highest BCUT2D eigenvalue weighted by atomic mass is 14.9. The van der Waals surface area contributed by atoms with E-state index in [1.54, 1.807) is 0 Å². The molecule has 0 aliphatic heterocycles. The van der Waals surface area contributed by atoms with Gasteiger partial charge in [-0.3, -0.25) is 0 Å². The van der Waals surface area contributed by atoms with Crippen LogP contribution in [-0.2, 0) is 0 Å². The normalized spacial score (nSPS) is 23.2. The Morgan fingerprint density at radius 1 is 1.45 bits per heavy atom. The highest BCUT2D eigenvalue weighted by Gasteiger charge is 2.36. The molecule has 66 valence electrons. The van der Waals surface area contributed by atoms with Crippen LogP contribution in [0.2, 0.25) is 0 Å². The molecule has 0 spiro atoms. The summed E-state index contributed by atoms with van der Waals surface area (Å²) in [6.45, 7) is 7.98. The average Bonchev–Trinajstić information content (AvgIpc) is 2.66. The summed E-state index contributed by atoms with van der Waals surface area (Å²) in [7, 11) is 0. The molecule has 0 heterocycles. The second-order valence-electron chi connectivity index (χ2n) is 4.31. The van der Waals surface area contributed by atoms with Crippen molar-refractivity contribution in [3.8, 4) is 0 Å². The Kier molecular flexibility index (Phi) is 2.94. The molecule has 0 amide bonds. The van der Waals surface area contributed by atoms with E-state index in [-0.39, 0.29) is 0 Å². The van der Waals surface area contributed by atoms with Crippen LogP contribution in [0.3, 0.4) is 0 Å². The van der Waals surface area contributed by atoms with Crippen LogP contribution in [0, 0.1) is 5.41 Å². The molecule has 0 bridgehead atoms. The molecule has 1 unspecified atom stereocenters. The SMILES string of the molecule is CCNC(C)CCC1(C)CC1. The molecule has 1 atom stereocenters. The van der Waals surface area contributed by atoms with Crippen molar-refractivity contribution in [2.45, 2.75) is 52.5 Å². The third-order valence-corrected chi connectivity index (χ3v) is 2.84. The summed E-state index contributed by atoms with van der Waals surface area (Å²) >= 11 is 0. The number of hydrogen-bond acceptors (Lipinski definition) is 1. The lowest BCUT2D eigenvalue weighted by Crippen LogP contribution is -2.25. The van der Waals surface area contributed by atoms with Gasteiger partial charge in [0.15, 0.2) is 0 Å². The van der Waals surface area contributed by atoms with Gasteiger partial charge < -0.3 is 5.32 Å². The first kappa shape index (κ1) is 9.05. The molecule has 0 radical (unpaired) electrons. The van der Waals surface area contributed by atoms with Gasteiger partial charge in [0.2, 0.25) is 0 Å². The molecule has 1 saturated carbocycles. The molecular weight excluding hydrogens is 134 g/mol. The van der Waals surface area contributed by atoms with Crippen molar-refractivity contribution in [2.24, 2.45) is 5.41 Å². The van der Waals surface area contributed by atoms with Gasteiger partial charge in [0.25, 0.3) is 0 Å². The summed E-state index contributed by atoms with van der Waals surface area (Å²) in [5, 5.41) is 3.45. The first-order valence-corrected chi connectivity index (χ1v) is 4.90. The third kappa shape index (κ3) is 3.24. The Bertz CT molecular complexity index is 116. The standard InChI is InChI=1S/C10H21N/c1-4-11-9(2)5-6-10(3)7-8-10/h9,11H,4-8H2,1-3H3. The Labute approximate surface area is 70.6 Å². The van der Waals surface area contributed by atoms with Crippen molar-refractivity contribution < 1.29 is 0 Å². The molecule has 1 heteroatoms. The Morgan fingerprint density at radius 3 is 2.55 bits per heavy atom. The molecule has 1 fully saturated rings. The second kappa shape index (κ2) is 3.57. The van der Waals surface area contributed by atoms with Gasteiger partial charge in [-0.15, -0.1) is 0 Å². The summed E-state index contributed by atoms with van der Waals surface area (Å²) in [6.07, 6.45) is 5.70. The Hall–Kier alpha value is -0.0400. The van der Waals surface area contributed by atoms with E-state index in [2.05, 4.69) is 26.1 Å². The van der Waals surface area contributed by atoms with E-state index in [4.69, 9.17) is 0 Å². The number of rotatable bonds is 5. The zero-order valence-corrected chi connectivity index (χ0v) is 8.11. The van der Waals surface area contributed by atoms with Crippen LogP contribution in [0.25, 0.3) is 0 Å². The fourth-order valence-electron chi connectivity index (χ4n) is 1.48. The molecule has 0 saturated heterocycles. The molecule has 11 heavy (non-hydrogen) atoms. The predicted molar refractivity (Wildman–Crippen MR) is 49.7 cm³/mol. The Morgan fingerprint density at radius 2 is 2.09 bits per heavy atom. The largest absolute Gasteiger partial charge is 0.315 e. The van der Waals surface area contributed by atoms with E-state index in [0.29, 0.717) is 0 Å². The van der Waals surface area contributed by atoms with Crippen molar-refractivity contribution in [3.63, 3.8) is 0 Å². The molecule has 0 aromatic rings. The summed E-state index contributed by atoms with van der Waals surface area (Å²) in [4.78, 5) is 0. The van der Waals surface area contributed by atoms with E-state index in [1.165, 1.54) is 25.7 Å². The van der Waals surface area contributed by atoms with Crippen LogP contribution in [0.1, 0.15) is 46.5 Å². The highest BCUT2D eigenvalue weighted by Crippen LogP contribution is 2.49. The van der Waals surface area contributed by atoms with Crippen molar-refractivity contribution in [1.82, 2.24) is 5.32 Å². The van der Waals surface area contributed by atoms with Gasteiger partial charge in [-0.25, -0.2) is 0 Å². The first-order chi connectivity index (χ1) is 5.16. The van der Waals surface area contributed by atoms with E-state index in [1.807, 2.05) is 0 Å². The van der Waals surface area contributed by atoms with Crippen molar-refractivity contribution in [1.29, 1.82) is 0 Å². The van der Waals surface area contributed by atoms with Gasteiger partial charge in [-0.2, -0.15) is 0 Å². The monoisotopic (exact) mass is 155 g/mol. The molecule has 0 aromatic carbocycles. The van der Waals surface area contributed by atoms with E-state index in [0.717, 1.165) is 18.0 Å². The molecule has 1 aliphatic rings. The fraction of sp³-hybridized carbons (Fsp3) is 1.00. The molecule has 1 rings (SSSR count). The van der Waals surface area contributed by atoms with Gasteiger partial charge in [0.05, 0.1) is 0 Å². The van der Waals surface area contributed by atoms with Crippen molar-refractivity contribution in [3.05, 3.63) is 0 Å². The lowest BCUT2D eigenvalue weighted by atomic mass is 10.00. The summed E-state index contributed by atoms with van der Waals surface area (Å²) < 4.78 is 0. The summed E-state index contributed by atoms with van der Waals surface area (Å²) in [6, 6.07) is 0.720. The lowest BCUT2D eigenvalue weighted by Gasteiger charge is -2.14. The van der Waals surface area contributed by atoms with Gasteiger partial charge in [0.1, 0.15) is 0 Å². The highest BCUT2D eigenvalue weighted by molar-refractivity contribution is 4.88. The van der Waals surface area contributed by atoms with Crippen molar-refractivity contribution >= 4 is 0 Å². The Balaban J connectivity index is 2.01. The average molecular weight is 155 g/mol. The van der Waals surface area contributed by atoms with Crippen LogP contribution in [-0.4, -0.2) is 12.6 Å². The summed E-state index contributed by atoms with van der Waals surface area (Å²) in [5.74, 6) is 0. The lowest BCUT2D eigenvalue weighted by molar-refractivity contribution is 0.427. The van der Waals surface area contributed by atoms with Gasteiger partial charge in [0, 0.05) is 6.04 Å². The van der Waals surface area contributed by atoms with Gasteiger partial charge >= 0.3 is 0 Å². The zero-order chi connectivity index (χ0) is 8.32. The molecule has 1 N–H and O–H groups in total. The van der Waals surface area contributed by atoms with Crippen LogP contribution in [0.15, 0.2) is 0 Å². The van der Waals surface area contributed by atoms with Crippen molar-refractivity contribution in [2.75, 3.05) is 6.54 Å².